The van der Waals surface area contributed by atoms with E-state index < -0.39 is 29.5 Å². The van der Waals surface area contributed by atoms with Crippen LogP contribution in [0.4, 0.5) is 13.2 Å². The van der Waals surface area contributed by atoms with E-state index in [0.717, 1.165) is 6.07 Å². The summed E-state index contributed by atoms with van der Waals surface area (Å²) in [6.45, 7) is 0.778. The molecule has 0 aliphatic carbocycles. The molecule has 0 saturated carbocycles. The zero-order valence-electron chi connectivity index (χ0n) is 16.2. The molecule has 7 nitrogen and oxygen atoms in total. The molecule has 1 aliphatic heterocycles. The van der Waals surface area contributed by atoms with Gasteiger partial charge in [0.15, 0.2) is 11.6 Å². The number of hydrogen-bond acceptors (Lipinski definition) is 5. The van der Waals surface area contributed by atoms with Crippen LogP contribution in [-0.2, 0) is 22.4 Å². The molecule has 2 amide bonds. The number of amides is 2. The van der Waals surface area contributed by atoms with Crippen molar-refractivity contribution in [2.24, 2.45) is 5.73 Å². The summed E-state index contributed by atoms with van der Waals surface area (Å²) >= 11 is 0. The van der Waals surface area contributed by atoms with Crippen LogP contribution in [0.5, 0.6) is 0 Å². The van der Waals surface area contributed by atoms with E-state index in [0.29, 0.717) is 31.3 Å². The number of hydrogen-bond donors (Lipinski definition) is 2. The first kappa shape index (κ1) is 21.7. The van der Waals surface area contributed by atoms with Crippen LogP contribution < -0.4 is 11.1 Å². The third-order valence-corrected chi connectivity index (χ3v) is 4.90. The van der Waals surface area contributed by atoms with Gasteiger partial charge < -0.3 is 16.0 Å². The van der Waals surface area contributed by atoms with Crippen molar-refractivity contribution in [1.82, 2.24) is 20.2 Å². The summed E-state index contributed by atoms with van der Waals surface area (Å²) in [6.07, 6.45) is 4.98. The van der Waals surface area contributed by atoms with Gasteiger partial charge in [-0.1, -0.05) is 0 Å². The van der Waals surface area contributed by atoms with Gasteiger partial charge in [0.2, 0.25) is 11.8 Å². The minimum Gasteiger partial charge on any atom is -0.354 e. The van der Waals surface area contributed by atoms with Gasteiger partial charge in [0.1, 0.15) is 11.9 Å². The van der Waals surface area contributed by atoms with E-state index in [1.165, 1.54) is 23.5 Å². The zero-order chi connectivity index (χ0) is 21.7. The Kier molecular flexibility index (Phi) is 6.99. The molecule has 2 heterocycles. The SMILES string of the molecule is N[C@@H](CC(=O)N1CCCNC(=O)[C@H]1Cc1cnccn1)Cc1cc(F)c(F)cc1F. The van der Waals surface area contributed by atoms with Crippen LogP contribution in [0, 0.1) is 17.5 Å². The quantitative estimate of drug-likeness (QED) is 0.681. The first-order chi connectivity index (χ1) is 14.3. The minimum atomic E-state index is -1.29. The first-order valence-corrected chi connectivity index (χ1v) is 9.56. The number of nitrogens with zero attached hydrogens (tertiary/aromatic N) is 3. The Morgan fingerprint density at radius 2 is 2.00 bits per heavy atom. The molecule has 0 unspecified atom stereocenters. The number of nitrogens with two attached hydrogens (primary N) is 1. The molecule has 2 aromatic rings. The molecule has 1 saturated heterocycles. The smallest absolute Gasteiger partial charge is 0.243 e. The van der Waals surface area contributed by atoms with Gasteiger partial charge in [-0.15, -0.1) is 0 Å². The van der Waals surface area contributed by atoms with Gasteiger partial charge in [-0.2, -0.15) is 0 Å². The van der Waals surface area contributed by atoms with Crippen LogP contribution in [0.2, 0.25) is 0 Å². The summed E-state index contributed by atoms with van der Waals surface area (Å²) in [5.74, 6) is -4.07. The number of nitrogens with one attached hydrogen (secondary N) is 1. The van der Waals surface area contributed by atoms with Crippen LogP contribution in [-0.4, -0.2) is 51.9 Å². The van der Waals surface area contributed by atoms with E-state index in [1.807, 2.05) is 0 Å². The van der Waals surface area contributed by atoms with Crippen LogP contribution in [0.1, 0.15) is 24.1 Å². The van der Waals surface area contributed by atoms with E-state index in [2.05, 4.69) is 15.3 Å². The van der Waals surface area contributed by atoms with E-state index >= 15 is 0 Å². The Hall–Kier alpha value is -3.01. The van der Waals surface area contributed by atoms with Gasteiger partial charge in [-0.3, -0.25) is 19.6 Å². The lowest BCUT2D eigenvalue weighted by atomic mass is 10.0. The van der Waals surface area contributed by atoms with Gasteiger partial charge in [-0.05, 0) is 24.5 Å². The summed E-state index contributed by atoms with van der Waals surface area (Å²) in [5.41, 5.74) is 6.44. The topological polar surface area (TPSA) is 101 Å². The summed E-state index contributed by atoms with van der Waals surface area (Å²) < 4.78 is 40.4. The number of carbonyl (C=O) groups is 2. The van der Waals surface area contributed by atoms with Crippen molar-refractivity contribution < 1.29 is 22.8 Å². The maximum absolute atomic E-state index is 13.9. The summed E-state index contributed by atoms with van der Waals surface area (Å²) in [7, 11) is 0. The Labute approximate surface area is 171 Å². The van der Waals surface area contributed by atoms with Crippen molar-refractivity contribution in [2.75, 3.05) is 13.1 Å². The predicted molar refractivity (Wildman–Crippen MR) is 101 cm³/mol. The molecule has 0 radical (unpaired) electrons. The average Bonchev–Trinajstić information content (AvgIpc) is 2.88. The van der Waals surface area contributed by atoms with Gasteiger partial charge in [0.25, 0.3) is 0 Å². The lowest BCUT2D eigenvalue weighted by molar-refractivity contribution is -0.139. The number of halogens is 3. The van der Waals surface area contributed by atoms with E-state index in [9.17, 15) is 22.8 Å². The molecule has 3 rings (SSSR count). The zero-order valence-corrected chi connectivity index (χ0v) is 16.2. The normalized spacial score (nSPS) is 17.9. The van der Waals surface area contributed by atoms with Crippen molar-refractivity contribution in [3.05, 3.63) is 59.4 Å². The molecule has 2 atom stereocenters. The standard InChI is InChI=1S/C20H22F3N5O2/c21-15-10-17(23)16(22)7-12(15)6-13(24)8-19(29)28-5-1-2-27-20(30)18(28)9-14-11-25-3-4-26-14/h3-4,7,10-11,13,18H,1-2,5-6,8-9,24H2,(H,27,30)/t13-,18-/m1/s1. The highest BCUT2D eigenvalue weighted by atomic mass is 19.2. The second kappa shape index (κ2) is 9.66. The molecule has 3 N–H and O–H groups in total. The highest BCUT2D eigenvalue weighted by Gasteiger charge is 2.32. The molecule has 10 heteroatoms. The first-order valence-electron chi connectivity index (χ1n) is 9.56. The Morgan fingerprint density at radius 1 is 1.23 bits per heavy atom. The minimum absolute atomic E-state index is 0.112. The van der Waals surface area contributed by atoms with Crippen molar-refractivity contribution >= 4 is 11.8 Å². The lowest BCUT2D eigenvalue weighted by Crippen LogP contribution is -2.49. The number of carbonyl (C=O) groups excluding carboxylic acids is 2. The molecular weight excluding hydrogens is 399 g/mol. The van der Waals surface area contributed by atoms with Crippen molar-refractivity contribution in [3.63, 3.8) is 0 Å². The van der Waals surface area contributed by atoms with Crippen LogP contribution in [0.25, 0.3) is 0 Å². The van der Waals surface area contributed by atoms with E-state index in [-0.39, 0.29) is 36.6 Å². The molecule has 0 spiro atoms. The fraction of sp³-hybridized carbons (Fsp3) is 0.400. The van der Waals surface area contributed by atoms with Gasteiger partial charge >= 0.3 is 0 Å². The monoisotopic (exact) mass is 421 g/mol. The van der Waals surface area contributed by atoms with Crippen molar-refractivity contribution in [2.45, 2.75) is 37.8 Å². The highest BCUT2D eigenvalue weighted by Crippen LogP contribution is 2.17. The third kappa shape index (κ3) is 5.32. The second-order valence-corrected chi connectivity index (χ2v) is 7.17. The predicted octanol–water partition coefficient (Wildman–Crippen LogP) is 1.11. The number of rotatable bonds is 6. The fourth-order valence-corrected chi connectivity index (χ4v) is 3.43. The number of aromatic nitrogens is 2. The van der Waals surface area contributed by atoms with E-state index in [1.54, 1.807) is 0 Å². The average molecular weight is 421 g/mol. The molecule has 1 fully saturated rings. The molecule has 1 aromatic heterocycles. The molecule has 0 bridgehead atoms. The number of benzene rings is 1. The van der Waals surface area contributed by atoms with Crippen LogP contribution in [0.15, 0.2) is 30.7 Å². The fourth-order valence-electron chi connectivity index (χ4n) is 3.43. The maximum atomic E-state index is 13.9. The van der Waals surface area contributed by atoms with Gasteiger partial charge in [-0.25, -0.2) is 13.2 Å². The Morgan fingerprint density at radius 3 is 2.73 bits per heavy atom. The second-order valence-electron chi connectivity index (χ2n) is 7.17. The summed E-state index contributed by atoms with van der Waals surface area (Å²) in [4.78, 5) is 35.0. The maximum Gasteiger partial charge on any atom is 0.243 e. The van der Waals surface area contributed by atoms with Crippen LogP contribution >= 0.6 is 0 Å². The molecule has 1 aliphatic rings. The van der Waals surface area contributed by atoms with E-state index in [4.69, 9.17) is 5.73 Å². The Balaban J connectivity index is 1.70. The molecule has 1 aromatic carbocycles. The van der Waals surface area contributed by atoms with Gasteiger partial charge in [0.05, 0.1) is 5.69 Å². The largest absolute Gasteiger partial charge is 0.354 e. The molecule has 160 valence electrons. The third-order valence-electron chi connectivity index (χ3n) is 4.90. The molecule has 30 heavy (non-hydrogen) atoms. The summed E-state index contributed by atoms with van der Waals surface area (Å²) in [6, 6.07) is -0.412. The lowest BCUT2D eigenvalue weighted by Gasteiger charge is -2.29. The van der Waals surface area contributed by atoms with Crippen molar-refractivity contribution in [3.8, 4) is 0 Å². The van der Waals surface area contributed by atoms with Crippen LogP contribution in [0.3, 0.4) is 0 Å². The van der Waals surface area contributed by atoms with Gasteiger partial charge in [0, 0.05) is 56.6 Å². The Bertz CT molecular complexity index is 913. The highest BCUT2D eigenvalue weighted by molar-refractivity contribution is 5.88. The van der Waals surface area contributed by atoms with Crippen molar-refractivity contribution in [1.29, 1.82) is 0 Å². The molecular formula is C20H22F3N5O2. The summed E-state index contributed by atoms with van der Waals surface area (Å²) in [5, 5.41) is 2.77.